The molecule has 1 aliphatic rings. The van der Waals surface area contributed by atoms with Crippen molar-refractivity contribution >= 4 is 40.6 Å². The van der Waals surface area contributed by atoms with Gasteiger partial charge in [-0.15, -0.1) is 0 Å². The summed E-state index contributed by atoms with van der Waals surface area (Å²) < 4.78 is 0. The van der Waals surface area contributed by atoms with E-state index in [0.29, 0.717) is 0 Å². The van der Waals surface area contributed by atoms with Gasteiger partial charge >= 0.3 is 0 Å². The van der Waals surface area contributed by atoms with Crippen molar-refractivity contribution < 1.29 is 0 Å². The van der Waals surface area contributed by atoms with Crippen molar-refractivity contribution in [3.8, 4) is 11.1 Å². The largest absolute Gasteiger partial charge is 0.311 e. The van der Waals surface area contributed by atoms with Gasteiger partial charge in [0.15, 0.2) is 0 Å². The van der Waals surface area contributed by atoms with Crippen LogP contribution in [0.25, 0.3) is 23.3 Å². The molecular formula is C48H42N2. The number of fused-ring (bicyclic) bond motifs is 3. The molecule has 1 aliphatic carbocycles. The van der Waals surface area contributed by atoms with E-state index in [0.717, 1.165) is 39.7 Å². The van der Waals surface area contributed by atoms with Crippen molar-refractivity contribution in [1.82, 2.24) is 0 Å². The summed E-state index contributed by atoms with van der Waals surface area (Å²) in [5.41, 5.74) is 14.2. The van der Waals surface area contributed by atoms with Crippen molar-refractivity contribution in [1.29, 1.82) is 0 Å². The first-order valence-corrected chi connectivity index (χ1v) is 17.3. The van der Waals surface area contributed by atoms with Crippen molar-refractivity contribution in [2.24, 2.45) is 0 Å². The molecular weight excluding hydrogens is 605 g/mol. The number of benzene rings is 6. The van der Waals surface area contributed by atoms with E-state index in [1.54, 1.807) is 0 Å². The molecule has 0 saturated carbocycles. The first kappa shape index (κ1) is 32.4. The van der Waals surface area contributed by atoms with E-state index in [1.807, 2.05) is 6.08 Å². The Morgan fingerprint density at radius 2 is 1.02 bits per heavy atom. The van der Waals surface area contributed by atoms with E-state index in [9.17, 15) is 0 Å². The third-order valence-electron chi connectivity index (χ3n) is 9.49. The fraction of sp³-hybridized carbons (Fsp3) is 0.0833. The smallest absolute Gasteiger partial charge is 0.0465 e. The highest BCUT2D eigenvalue weighted by Gasteiger charge is 2.36. The number of para-hydroxylation sites is 3. The number of anilines is 5. The number of hydrogen-bond donors (Lipinski definition) is 0. The molecule has 0 heterocycles. The predicted molar refractivity (Wildman–Crippen MR) is 216 cm³/mol. The monoisotopic (exact) mass is 646 g/mol. The number of nitrogens with zero attached hydrogens (tertiary/aromatic N) is 2. The van der Waals surface area contributed by atoms with E-state index in [4.69, 9.17) is 0 Å². The van der Waals surface area contributed by atoms with Crippen LogP contribution in [-0.4, -0.2) is 0 Å². The van der Waals surface area contributed by atoms with Crippen LogP contribution in [0.1, 0.15) is 43.0 Å². The number of rotatable bonds is 10. The summed E-state index contributed by atoms with van der Waals surface area (Å²) in [6.07, 6.45) is 12.6. The average molecular weight is 647 g/mol. The molecule has 0 bridgehead atoms. The lowest BCUT2D eigenvalue weighted by atomic mass is 9.81. The first-order valence-electron chi connectivity index (χ1n) is 17.3. The summed E-state index contributed by atoms with van der Waals surface area (Å²) in [6, 6.07) is 54.2. The fourth-order valence-electron chi connectivity index (χ4n) is 7.03. The molecule has 0 atom stereocenters. The molecule has 0 unspecified atom stereocenters. The van der Waals surface area contributed by atoms with Gasteiger partial charge in [-0.25, -0.2) is 0 Å². The molecule has 244 valence electrons. The molecule has 6 aromatic rings. The van der Waals surface area contributed by atoms with Crippen LogP contribution in [0.4, 0.5) is 28.4 Å². The molecule has 0 aromatic heterocycles. The lowest BCUT2D eigenvalue weighted by molar-refractivity contribution is 0.660. The SMILES string of the molecule is C=C/C=C(\C=C/C)N(c1ccccc1)c1ccc2c(c1)C(C)(C)c1cc(/C=C/c3ccc(N(c4ccccc4)c4ccccc4)cc3)ccc1-2. The second-order valence-corrected chi connectivity index (χ2v) is 13.1. The van der Waals surface area contributed by atoms with Crippen LogP contribution in [0.5, 0.6) is 0 Å². The quantitative estimate of drug-likeness (QED) is 0.108. The van der Waals surface area contributed by atoms with Gasteiger partial charge in [0.2, 0.25) is 0 Å². The van der Waals surface area contributed by atoms with Crippen LogP contribution in [0, 0.1) is 0 Å². The summed E-state index contributed by atoms with van der Waals surface area (Å²) in [4.78, 5) is 4.59. The minimum atomic E-state index is -0.157. The van der Waals surface area contributed by atoms with Gasteiger partial charge in [-0.05, 0) is 113 Å². The maximum Gasteiger partial charge on any atom is 0.0465 e. The van der Waals surface area contributed by atoms with Gasteiger partial charge in [0.1, 0.15) is 0 Å². The molecule has 6 aromatic carbocycles. The maximum atomic E-state index is 3.99. The van der Waals surface area contributed by atoms with Crippen LogP contribution in [0.2, 0.25) is 0 Å². The molecule has 0 radical (unpaired) electrons. The highest BCUT2D eigenvalue weighted by Crippen LogP contribution is 2.50. The molecule has 0 saturated heterocycles. The zero-order valence-corrected chi connectivity index (χ0v) is 29.0. The minimum absolute atomic E-state index is 0.157. The van der Waals surface area contributed by atoms with E-state index >= 15 is 0 Å². The Kier molecular flexibility index (Phi) is 9.18. The van der Waals surface area contributed by atoms with Crippen molar-refractivity contribution in [2.45, 2.75) is 26.2 Å². The average Bonchev–Trinajstić information content (AvgIpc) is 3.38. The molecule has 50 heavy (non-hydrogen) atoms. The van der Waals surface area contributed by atoms with Gasteiger partial charge < -0.3 is 9.80 Å². The van der Waals surface area contributed by atoms with Gasteiger partial charge in [-0.1, -0.05) is 136 Å². The Morgan fingerprint density at radius 3 is 1.60 bits per heavy atom. The van der Waals surface area contributed by atoms with Gasteiger partial charge in [0.05, 0.1) is 0 Å². The molecule has 0 amide bonds. The number of hydrogen-bond acceptors (Lipinski definition) is 2. The molecule has 0 aliphatic heterocycles. The second-order valence-electron chi connectivity index (χ2n) is 13.1. The third-order valence-corrected chi connectivity index (χ3v) is 9.49. The van der Waals surface area contributed by atoms with Gasteiger partial charge in [-0.2, -0.15) is 0 Å². The molecule has 0 N–H and O–H groups in total. The lowest BCUT2D eigenvalue weighted by Gasteiger charge is -2.28. The Morgan fingerprint density at radius 1 is 0.540 bits per heavy atom. The van der Waals surface area contributed by atoms with E-state index < -0.39 is 0 Å². The molecule has 0 fully saturated rings. The topological polar surface area (TPSA) is 6.48 Å². The third kappa shape index (κ3) is 6.36. The predicted octanol–water partition coefficient (Wildman–Crippen LogP) is 13.4. The Balaban J connectivity index is 1.17. The molecule has 7 rings (SSSR count). The Labute approximate surface area is 297 Å². The lowest BCUT2D eigenvalue weighted by Crippen LogP contribution is -2.18. The highest BCUT2D eigenvalue weighted by molar-refractivity contribution is 5.86. The minimum Gasteiger partial charge on any atom is -0.311 e. The zero-order valence-electron chi connectivity index (χ0n) is 29.0. The van der Waals surface area contributed by atoms with E-state index in [-0.39, 0.29) is 5.41 Å². The van der Waals surface area contributed by atoms with Crippen molar-refractivity contribution in [3.05, 3.63) is 210 Å². The van der Waals surface area contributed by atoms with E-state index in [1.165, 1.54) is 27.8 Å². The number of allylic oxidation sites excluding steroid dienone is 4. The summed E-state index contributed by atoms with van der Waals surface area (Å²) in [5, 5.41) is 0. The second kappa shape index (κ2) is 14.2. The summed E-state index contributed by atoms with van der Waals surface area (Å²) in [5.74, 6) is 0. The van der Waals surface area contributed by atoms with Crippen molar-refractivity contribution in [3.63, 3.8) is 0 Å². The molecule has 2 heteroatoms. The van der Waals surface area contributed by atoms with Crippen LogP contribution >= 0.6 is 0 Å². The molecule has 2 nitrogen and oxygen atoms in total. The standard InChI is InChI=1S/C48H42N2/c1-5-16-38(17-6-2)50(41-22-14-9-15-23-41)43-31-33-45-44-32-28-37(34-46(44)48(3,4)47(45)35-43)25-24-36-26-29-42(30-27-36)49(39-18-10-7-11-19-39)40-20-12-8-13-21-40/h5-35H,1H2,2-4H3/b17-6-,25-24+,38-16+. The normalized spacial score (nSPS) is 13.3. The van der Waals surface area contributed by atoms with Crippen molar-refractivity contribution in [2.75, 3.05) is 9.80 Å². The first-order chi connectivity index (χ1) is 24.5. The van der Waals surface area contributed by atoms with Crippen LogP contribution < -0.4 is 9.80 Å². The summed E-state index contributed by atoms with van der Waals surface area (Å²) >= 11 is 0. The van der Waals surface area contributed by atoms with Crippen LogP contribution in [0.15, 0.2) is 188 Å². The Bertz CT molecular complexity index is 2150. The van der Waals surface area contributed by atoms with Gasteiger partial charge in [0.25, 0.3) is 0 Å². The van der Waals surface area contributed by atoms with Gasteiger partial charge in [0, 0.05) is 39.5 Å². The summed E-state index contributed by atoms with van der Waals surface area (Å²) in [7, 11) is 0. The van der Waals surface area contributed by atoms with Crippen LogP contribution in [0.3, 0.4) is 0 Å². The zero-order chi connectivity index (χ0) is 34.5. The summed E-state index contributed by atoms with van der Waals surface area (Å²) in [6.45, 7) is 10.7. The van der Waals surface area contributed by atoms with Gasteiger partial charge in [-0.3, -0.25) is 0 Å². The fourth-order valence-corrected chi connectivity index (χ4v) is 7.03. The van der Waals surface area contributed by atoms with E-state index in [2.05, 4.69) is 219 Å². The highest BCUT2D eigenvalue weighted by atomic mass is 15.1. The van der Waals surface area contributed by atoms with Crippen LogP contribution in [-0.2, 0) is 5.41 Å². The Hall–Kier alpha value is -6.12. The maximum absolute atomic E-state index is 3.99. The molecule has 0 spiro atoms.